The molecule has 1 N–H and O–H groups in total. The SMILES string of the molecule is Cc1cc(N[C@H]2CCN(c3cnn(C)c3)C2=O)c(Cl)cc1[N+](=O)[O-]. The predicted octanol–water partition coefficient (Wildman–Crippen LogP) is 2.51. The second-order valence-electron chi connectivity index (χ2n) is 5.72. The Morgan fingerprint density at radius 2 is 2.21 bits per heavy atom. The molecule has 1 aromatic heterocycles. The van der Waals surface area contributed by atoms with Crippen LogP contribution in [0, 0.1) is 17.0 Å². The second-order valence-corrected chi connectivity index (χ2v) is 6.13. The highest BCUT2D eigenvalue weighted by atomic mass is 35.5. The van der Waals surface area contributed by atoms with Gasteiger partial charge in [-0.1, -0.05) is 11.6 Å². The number of carbonyl (C=O) groups excluding carboxylic acids is 1. The monoisotopic (exact) mass is 349 g/mol. The van der Waals surface area contributed by atoms with E-state index in [0.29, 0.717) is 24.2 Å². The fraction of sp³-hybridized carbons (Fsp3) is 0.333. The van der Waals surface area contributed by atoms with E-state index in [0.717, 1.165) is 5.69 Å². The van der Waals surface area contributed by atoms with Crippen LogP contribution < -0.4 is 10.2 Å². The fourth-order valence-corrected chi connectivity index (χ4v) is 3.00. The lowest BCUT2D eigenvalue weighted by Crippen LogP contribution is -2.33. The first-order valence-corrected chi connectivity index (χ1v) is 7.75. The highest BCUT2D eigenvalue weighted by molar-refractivity contribution is 6.33. The van der Waals surface area contributed by atoms with Crippen molar-refractivity contribution in [3.05, 3.63) is 45.2 Å². The maximum Gasteiger partial charge on any atom is 0.273 e. The minimum Gasteiger partial charge on any atom is -0.372 e. The van der Waals surface area contributed by atoms with E-state index in [9.17, 15) is 14.9 Å². The van der Waals surface area contributed by atoms with Crippen molar-refractivity contribution in [3.8, 4) is 0 Å². The highest BCUT2D eigenvalue weighted by Gasteiger charge is 2.33. The number of hydrogen-bond acceptors (Lipinski definition) is 5. The molecule has 0 radical (unpaired) electrons. The quantitative estimate of drug-likeness (QED) is 0.676. The topological polar surface area (TPSA) is 93.3 Å². The molecular weight excluding hydrogens is 334 g/mol. The molecule has 0 spiro atoms. The Labute approximate surface area is 143 Å². The Morgan fingerprint density at radius 3 is 2.83 bits per heavy atom. The first-order valence-electron chi connectivity index (χ1n) is 7.38. The zero-order chi connectivity index (χ0) is 17.4. The smallest absolute Gasteiger partial charge is 0.273 e. The van der Waals surface area contributed by atoms with Gasteiger partial charge in [0.1, 0.15) is 6.04 Å². The van der Waals surface area contributed by atoms with Gasteiger partial charge in [0.2, 0.25) is 5.91 Å². The van der Waals surface area contributed by atoms with Crippen molar-refractivity contribution in [2.24, 2.45) is 7.05 Å². The number of hydrogen-bond donors (Lipinski definition) is 1. The van der Waals surface area contributed by atoms with Crippen LogP contribution in [-0.4, -0.2) is 33.2 Å². The fourth-order valence-electron chi connectivity index (χ4n) is 2.78. The van der Waals surface area contributed by atoms with Crippen LogP contribution in [-0.2, 0) is 11.8 Å². The van der Waals surface area contributed by atoms with Gasteiger partial charge in [-0.2, -0.15) is 5.10 Å². The maximum absolute atomic E-state index is 12.6. The van der Waals surface area contributed by atoms with Gasteiger partial charge in [0.25, 0.3) is 5.69 Å². The number of aryl methyl sites for hydroxylation is 2. The molecule has 0 aliphatic carbocycles. The van der Waals surface area contributed by atoms with Crippen LogP contribution in [0.1, 0.15) is 12.0 Å². The first-order chi connectivity index (χ1) is 11.4. The highest BCUT2D eigenvalue weighted by Crippen LogP contribution is 2.32. The summed E-state index contributed by atoms with van der Waals surface area (Å²) in [4.78, 5) is 24.7. The van der Waals surface area contributed by atoms with E-state index in [4.69, 9.17) is 11.6 Å². The lowest BCUT2D eigenvalue weighted by Gasteiger charge is -2.17. The summed E-state index contributed by atoms with van der Waals surface area (Å²) in [7, 11) is 1.79. The molecule has 1 aliphatic heterocycles. The van der Waals surface area contributed by atoms with Gasteiger partial charge in [-0.15, -0.1) is 0 Å². The number of aromatic nitrogens is 2. The van der Waals surface area contributed by atoms with E-state index >= 15 is 0 Å². The number of rotatable bonds is 4. The average molecular weight is 350 g/mol. The van der Waals surface area contributed by atoms with Gasteiger partial charge in [0.15, 0.2) is 0 Å². The van der Waals surface area contributed by atoms with Gasteiger partial charge in [-0.3, -0.25) is 19.6 Å². The summed E-state index contributed by atoms with van der Waals surface area (Å²) in [5.41, 5.74) is 1.71. The molecule has 1 fully saturated rings. The van der Waals surface area contributed by atoms with Crippen LogP contribution in [0.25, 0.3) is 0 Å². The molecule has 9 heteroatoms. The molecular formula is C15H16ClN5O3. The third kappa shape index (κ3) is 2.92. The van der Waals surface area contributed by atoms with Crippen molar-refractivity contribution in [2.75, 3.05) is 16.8 Å². The van der Waals surface area contributed by atoms with Gasteiger partial charge in [0.05, 0.1) is 27.5 Å². The number of nitro benzene ring substituents is 1. The second kappa shape index (κ2) is 6.12. The molecule has 1 saturated heterocycles. The summed E-state index contributed by atoms with van der Waals surface area (Å²) in [6.07, 6.45) is 4.03. The number of nitrogens with zero attached hydrogens (tertiary/aromatic N) is 4. The molecule has 3 rings (SSSR count). The number of nitrogens with one attached hydrogen (secondary N) is 1. The van der Waals surface area contributed by atoms with Crippen molar-refractivity contribution < 1.29 is 9.72 Å². The van der Waals surface area contributed by atoms with Gasteiger partial charge in [-0.05, 0) is 19.4 Å². The summed E-state index contributed by atoms with van der Waals surface area (Å²) < 4.78 is 1.64. The first kappa shape index (κ1) is 16.3. The van der Waals surface area contributed by atoms with E-state index in [1.807, 2.05) is 0 Å². The Morgan fingerprint density at radius 1 is 1.46 bits per heavy atom. The minimum atomic E-state index is -0.476. The molecule has 24 heavy (non-hydrogen) atoms. The number of halogens is 1. The number of benzene rings is 1. The van der Waals surface area contributed by atoms with Gasteiger partial charge in [-0.25, -0.2) is 0 Å². The van der Waals surface area contributed by atoms with E-state index in [1.165, 1.54) is 6.07 Å². The third-order valence-corrected chi connectivity index (χ3v) is 4.33. The largest absolute Gasteiger partial charge is 0.372 e. The van der Waals surface area contributed by atoms with Crippen molar-refractivity contribution in [2.45, 2.75) is 19.4 Å². The number of amides is 1. The van der Waals surface area contributed by atoms with Crippen LogP contribution in [0.4, 0.5) is 17.1 Å². The van der Waals surface area contributed by atoms with E-state index in [-0.39, 0.29) is 16.6 Å². The summed E-state index contributed by atoms with van der Waals surface area (Å²) in [6.45, 7) is 2.21. The molecule has 126 valence electrons. The number of anilines is 2. The summed E-state index contributed by atoms with van der Waals surface area (Å²) in [5.74, 6) is -0.0740. The third-order valence-electron chi connectivity index (χ3n) is 4.02. The van der Waals surface area contributed by atoms with Crippen molar-refractivity contribution >= 4 is 34.6 Å². The molecule has 1 amide bonds. The van der Waals surface area contributed by atoms with Gasteiger partial charge in [0, 0.05) is 31.4 Å². The van der Waals surface area contributed by atoms with Crippen molar-refractivity contribution in [1.29, 1.82) is 0 Å². The van der Waals surface area contributed by atoms with Crippen LogP contribution >= 0.6 is 11.6 Å². The minimum absolute atomic E-state index is 0.0414. The molecule has 2 heterocycles. The van der Waals surface area contributed by atoms with Crippen LogP contribution in [0.15, 0.2) is 24.5 Å². The Hall–Kier alpha value is -2.61. The molecule has 0 saturated carbocycles. The summed E-state index contributed by atoms with van der Waals surface area (Å²) in [5, 5.41) is 18.3. The number of nitro groups is 1. The van der Waals surface area contributed by atoms with Gasteiger partial charge >= 0.3 is 0 Å². The maximum atomic E-state index is 12.6. The number of carbonyl (C=O) groups is 1. The molecule has 0 bridgehead atoms. The van der Waals surface area contributed by atoms with E-state index in [1.54, 1.807) is 42.0 Å². The predicted molar refractivity (Wildman–Crippen MR) is 90.4 cm³/mol. The summed E-state index contributed by atoms with van der Waals surface area (Å²) in [6, 6.07) is 2.47. The van der Waals surface area contributed by atoms with Crippen LogP contribution in [0.3, 0.4) is 0 Å². The van der Waals surface area contributed by atoms with E-state index in [2.05, 4.69) is 10.4 Å². The molecule has 1 atom stereocenters. The molecule has 1 aliphatic rings. The standard InChI is InChI=1S/C15H16ClN5O3/c1-9-5-13(11(16)6-14(9)21(23)24)18-12-3-4-20(15(12)22)10-7-17-19(2)8-10/h5-8,12,18H,3-4H2,1-2H3/t12-/m0/s1. The Bertz CT molecular complexity index is 819. The lowest BCUT2D eigenvalue weighted by molar-refractivity contribution is -0.385. The lowest BCUT2D eigenvalue weighted by atomic mass is 10.1. The Balaban J connectivity index is 1.79. The van der Waals surface area contributed by atoms with Crippen molar-refractivity contribution in [1.82, 2.24) is 9.78 Å². The van der Waals surface area contributed by atoms with Gasteiger partial charge < -0.3 is 10.2 Å². The summed E-state index contributed by atoms with van der Waals surface area (Å²) >= 11 is 6.12. The normalized spacial score (nSPS) is 17.4. The van der Waals surface area contributed by atoms with E-state index < -0.39 is 11.0 Å². The zero-order valence-electron chi connectivity index (χ0n) is 13.2. The molecule has 1 aromatic carbocycles. The molecule has 2 aromatic rings. The van der Waals surface area contributed by atoms with Crippen LogP contribution in [0.2, 0.25) is 5.02 Å². The van der Waals surface area contributed by atoms with Crippen molar-refractivity contribution in [3.63, 3.8) is 0 Å². The van der Waals surface area contributed by atoms with Crippen LogP contribution in [0.5, 0.6) is 0 Å². The average Bonchev–Trinajstić information content (AvgIpc) is 3.09. The zero-order valence-corrected chi connectivity index (χ0v) is 13.9. The molecule has 0 unspecified atom stereocenters. The molecule has 8 nitrogen and oxygen atoms in total. The Kier molecular flexibility index (Phi) is 4.15.